The van der Waals surface area contributed by atoms with Crippen LogP contribution in [-0.4, -0.2) is 5.78 Å². The number of nitrogens with one attached hydrogen (secondary N) is 1. The lowest BCUT2D eigenvalue weighted by molar-refractivity contribution is 0.104. The molecule has 0 aliphatic carbocycles. The topological polar surface area (TPSA) is 29.1 Å². The first-order chi connectivity index (χ1) is 10.1. The zero-order valence-electron chi connectivity index (χ0n) is 12.8. The summed E-state index contributed by atoms with van der Waals surface area (Å²) < 4.78 is 0. The van der Waals surface area contributed by atoms with Gasteiger partial charge in [-0.2, -0.15) is 0 Å². The van der Waals surface area contributed by atoms with Crippen molar-refractivity contribution in [3.63, 3.8) is 0 Å². The van der Waals surface area contributed by atoms with Crippen LogP contribution in [0.5, 0.6) is 0 Å². The fourth-order valence-electron chi connectivity index (χ4n) is 2.10. The first-order valence-electron chi connectivity index (χ1n) is 7.21. The number of ketones is 1. The number of carbonyl (C=O) groups excluding carboxylic acids is 1. The number of carbonyl (C=O) groups is 1. The Hall–Kier alpha value is -2.35. The Morgan fingerprint density at radius 3 is 2.19 bits per heavy atom. The summed E-state index contributed by atoms with van der Waals surface area (Å²) in [6, 6.07) is 17.6. The van der Waals surface area contributed by atoms with Gasteiger partial charge in [-0.1, -0.05) is 56.3 Å². The van der Waals surface area contributed by atoms with Gasteiger partial charge in [0.15, 0.2) is 5.78 Å². The van der Waals surface area contributed by atoms with Crippen molar-refractivity contribution in [3.8, 4) is 0 Å². The summed E-state index contributed by atoms with van der Waals surface area (Å²) in [6.45, 7) is 6.25. The highest BCUT2D eigenvalue weighted by molar-refractivity contribution is 6.05. The summed E-state index contributed by atoms with van der Waals surface area (Å²) in [4.78, 5) is 12.1. The van der Waals surface area contributed by atoms with Crippen molar-refractivity contribution < 1.29 is 4.79 Å². The lowest BCUT2D eigenvalue weighted by atomic mass is 10.0. The Morgan fingerprint density at radius 2 is 1.62 bits per heavy atom. The van der Waals surface area contributed by atoms with Crippen molar-refractivity contribution in [2.45, 2.75) is 26.7 Å². The number of anilines is 1. The first-order valence-corrected chi connectivity index (χ1v) is 7.21. The van der Waals surface area contributed by atoms with E-state index in [2.05, 4.69) is 31.3 Å². The molecule has 21 heavy (non-hydrogen) atoms. The van der Waals surface area contributed by atoms with Crippen LogP contribution in [0.4, 0.5) is 5.69 Å². The molecule has 0 aliphatic heterocycles. The normalized spacial score (nSPS) is 11.5. The summed E-state index contributed by atoms with van der Waals surface area (Å²) in [5, 5.41) is 3.25. The van der Waals surface area contributed by atoms with Crippen LogP contribution >= 0.6 is 0 Å². The van der Waals surface area contributed by atoms with Crippen LogP contribution in [-0.2, 0) is 0 Å². The average Bonchev–Trinajstić information content (AvgIpc) is 2.48. The van der Waals surface area contributed by atoms with Gasteiger partial charge in [-0.3, -0.25) is 4.79 Å². The third-order valence-corrected chi connectivity index (χ3v) is 3.32. The molecule has 108 valence electrons. The molecule has 0 atom stereocenters. The highest BCUT2D eigenvalue weighted by atomic mass is 16.1. The molecule has 1 N–H and O–H groups in total. The van der Waals surface area contributed by atoms with Gasteiger partial charge in [-0.05, 0) is 30.5 Å². The van der Waals surface area contributed by atoms with Gasteiger partial charge in [0.05, 0.1) is 0 Å². The molecule has 2 heteroatoms. The quantitative estimate of drug-likeness (QED) is 0.616. The number of rotatable bonds is 5. The van der Waals surface area contributed by atoms with Crippen molar-refractivity contribution >= 4 is 11.5 Å². The van der Waals surface area contributed by atoms with E-state index in [0.29, 0.717) is 11.5 Å². The Labute approximate surface area is 126 Å². The van der Waals surface area contributed by atoms with E-state index in [1.165, 1.54) is 5.56 Å². The third kappa shape index (κ3) is 4.32. The molecule has 0 heterocycles. The highest BCUT2D eigenvalue weighted by Gasteiger charge is 2.03. The van der Waals surface area contributed by atoms with Crippen molar-refractivity contribution in [3.05, 3.63) is 77.5 Å². The maximum atomic E-state index is 12.1. The summed E-state index contributed by atoms with van der Waals surface area (Å²) in [6.07, 6.45) is 1.63. The summed E-state index contributed by atoms with van der Waals surface area (Å²) in [7, 11) is 0. The van der Waals surface area contributed by atoms with E-state index in [9.17, 15) is 4.79 Å². The van der Waals surface area contributed by atoms with E-state index in [4.69, 9.17) is 0 Å². The zero-order chi connectivity index (χ0) is 15.2. The molecule has 2 nitrogen and oxygen atoms in total. The van der Waals surface area contributed by atoms with Crippen LogP contribution in [0.1, 0.15) is 42.6 Å². The lowest BCUT2D eigenvalue weighted by Gasteiger charge is -2.09. The molecule has 0 bridgehead atoms. The fraction of sp³-hybridized carbons (Fsp3) is 0.211. The number of benzene rings is 2. The minimum Gasteiger partial charge on any atom is -0.359 e. The molecular formula is C19H21NO. The van der Waals surface area contributed by atoms with Crippen LogP contribution < -0.4 is 5.32 Å². The van der Waals surface area contributed by atoms with E-state index in [0.717, 1.165) is 11.4 Å². The number of hydrogen-bond donors (Lipinski definition) is 1. The van der Waals surface area contributed by atoms with Crippen LogP contribution in [0.25, 0.3) is 0 Å². The smallest absolute Gasteiger partial charge is 0.187 e. The minimum atomic E-state index is 0.0133. The molecule has 2 aromatic rings. The molecule has 0 saturated heterocycles. The Kier molecular flexibility index (Phi) is 4.94. The first kappa shape index (κ1) is 15.0. The predicted molar refractivity (Wildman–Crippen MR) is 88.7 cm³/mol. The Bertz CT molecular complexity index is 624. The zero-order valence-corrected chi connectivity index (χ0v) is 12.8. The van der Waals surface area contributed by atoms with Crippen LogP contribution in [0, 0.1) is 0 Å². The molecule has 0 saturated carbocycles. The van der Waals surface area contributed by atoms with Gasteiger partial charge in [-0.25, -0.2) is 0 Å². The second-order valence-electron chi connectivity index (χ2n) is 5.46. The molecule has 0 unspecified atom stereocenters. The monoisotopic (exact) mass is 279 g/mol. The van der Waals surface area contributed by atoms with Gasteiger partial charge in [0, 0.05) is 23.0 Å². The lowest BCUT2D eigenvalue weighted by Crippen LogP contribution is -2.01. The number of allylic oxidation sites excluding steroid dienone is 2. The summed E-state index contributed by atoms with van der Waals surface area (Å²) in [5.41, 5.74) is 3.84. The van der Waals surface area contributed by atoms with E-state index in [-0.39, 0.29) is 5.78 Å². The van der Waals surface area contributed by atoms with Gasteiger partial charge in [0.25, 0.3) is 0 Å². The fourth-order valence-corrected chi connectivity index (χ4v) is 2.10. The Morgan fingerprint density at radius 1 is 1.00 bits per heavy atom. The molecule has 2 aromatic carbocycles. The SMILES string of the molecule is C/C(=C/C(=O)c1ccccc1)Nc1ccc(C(C)C)cc1. The van der Waals surface area contributed by atoms with Crippen molar-refractivity contribution in [1.29, 1.82) is 0 Å². The summed E-state index contributed by atoms with van der Waals surface area (Å²) in [5.74, 6) is 0.537. The molecule has 0 fully saturated rings. The molecule has 0 spiro atoms. The van der Waals surface area contributed by atoms with Gasteiger partial charge in [-0.15, -0.1) is 0 Å². The standard InChI is InChI=1S/C19H21NO/c1-14(2)16-9-11-18(12-10-16)20-15(3)13-19(21)17-7-5-4-6-8-17/h4-14,20H,1-3H3/b15-13-. The third-order valence-electron chi connectivity index (χ3n) is 3.32. The average molecular weight is 279 g/mol. The van der Waals surface area contributed by atoms with E-state index >= 15 is 0 Å². The van der Waals surface area contributed by atoms with Crippen LogP contribution in [0.15, 0.2) is 66.4 Å². The maximum Gasteiger partial charge on any atom is 0.187 e. The van der Waals surface area contributed by atoms with Crippen molar-refractivity contribution in [2.75, 3.05) is 5.32 Å². The predicted octanol–water partition coefficient (Wildman–Crippen LogP) is 5.01. The summed E-state index contributed by atoms with van der Waals surface area (Å²) >= 11 is 0. The van der Waals surface area contributed by atoms with Crippen molar-refractivity contribution in [2.24, 2.45) is 0 Å². The Balaban J connectivity index is 2.05. The molecule has 0 aromatic heterocycles. The van der Waals surface area contributed by atoms with Crippen LogP contribution in [0.3, 0.4) is 0 Å². The minimum absolute atomic E-state index is 0.0133. The number of hydrogen-bond acceptors (Lipinski definition) is 2. The highest BCUT2D eigenvalue weighted by Crippen LogP contribution is 2.18. The van der Waals surface area contributed by atoms with Gasteiger partial charge < -0.3 is 5.32 Å². The van der Waals surface area contributed by atoms with Gasteiger partial charge in [0.1, 0.15) is 0 Å². The van der Waals surface area contributed by atoms with E-state index < -0.39 is 0 Å². The molecule has 2 rings (SSSR count). The molecule has 0 radical (unpaired) electrons. The van der Waals surface area contributed by atoms with Crippen LogP contribution in [0.2, 0.25) is 0 Å². The van der Waals surface area contributed by atoms with Gasteiger partial charge >= 0.3 is 0 Å². The van der Waals surface area contributed by atoms with E-state index in [1.807, 2.05) is 49.4 Å². The van der Waals surface area contributed by atoms with Gasteiger partial charge in [0.2, 0.25) is 0 Å². The molecule has 0 aliphatic rings. The molecule has 0 amide bonds. The second-order valence-corrected chi connectivity index (χ2v) is 5.46. The van der Waals surface area contributed by atoms with Crippen molar-refractivity contribution in [1.82, 2.24) is 0 Å². The largest absolute Gasteiger partial charge is 0.359 e. The van der Waals surface area contributed by atoms with E-state index in [1.54, 1.807) is 6.08 Å². The molecular weight excluding hydrogens is 258 g/mol. The maximum absolute atomic E-state index is 12.1. The second kappa shape index (κ2) is 6.89.